The molecular weight excluding hydrogens is 152 g/mol. The fourth-order valence-corrected chi connectivity index (χ4v) is 1.55. The van der Waals surface area contributed by atoms with Gasteiger partial charge in [0.15, 0.2) is 0 Å². The van der Waals surface area contributed by atoms with Gasteiger partial charge >= 0.3 is 5.97 Å². The molecule has 0 saturated heterocycles. The number of unbranched alkanes of at least 4 members (excludes halogenated alkanes) is 1. The summed E-state index contributed by atoms with van der Waals surface area (Å²) in [6.45, 7) is 6.12. The molecule has 0 fully saturated rings. The molecule has 0 radical (unpaired) electrons. The maximum atomic E-state index is 10.7. The van der Waals surface area contributed by atoms with Crippen molar-refractivity contribution in [3.8, 4) is 0 Å². The summed E-state index contributed by atoms with van der Waals surface area (Å²) in [5, 5.41) is 8.84. The van der Waals surface area contributed by atoms with Crippen LogP contribution in [-0.2, 0) is 4.79 Å². The average molecular weight is 172 g/mol. The first-order valence-corrected chi connectivity index (χ1v) is 4.86. The van der Waals surface area contributed by atoms with Gasteiger partial charge in [-0.3, -0.25) is 4.79 Å². The number of carbonyl (C=O) groups is 1. The molecule has 1 N–H and O–H groups in total. The van der Waals surface area contributed by atoms with Crippen molar-refractivity contribution in [1.29, 1.82) is 0 Å². The van der Waals surface area contributed by atoms with Gasteiger partial charge < -0.3 is 5.11 Å². The molecule has 0 aromatic heterocycles. The molecule has 2 nitrogen and oxygen atoms in total. The van der Waals surface area contributed by atoms with Gasteiger partial charge in [-0.2, -0.15) is 0 Å². The topological polar surface area (TPSA) is 37.3 Å². The van der Waals surface area contributed by atoms with E-state index in [9.17, 15) is 4.79 Å². The SMILES string of the molecule is CCCCC(C)C(CC)C(=O)O. The summed E-state index contributed by atoms with van der Waals surface area (Å²) in [6.07, 6.45) is 4.09. The van der Waals surface area contributed by atoms with E-state index in [0.29, 0.717) is 5.92 Å². The first kappa shape index (κ1) is 11.5. The van der Waals surface area contributed by atoms with Gasteiger partial charge in [0.05, 0.1) is 5.92 Å². The number of carboxylic acids is 1. The molecule has 0 spiro atoms. The maximum Gasteiger partial charge on any atom is 0.306 e. The Morgan fingerprint density at radius 2 is 2.00 bits per heavy atom. The fraction of sp³-hybridized carbons (Fsp3) is 0.900. The van der Waals surface area contributed by atoms with E-state index in [1.165, 1.54) is 0 Å². The Morgan fingerprint density at radius 1 is 1.42 bits per heavy atom. The van der Waals surface area contributed by atoms with E-state index in [1.807, 2.05) is 13.8 Å². The second-order valence-electron chi connectivity index (χ2n) is 3.47. The molecule has 0 bridgehead atoms. The second-order valence-corrected chi connectivity index (χ2v) is 3.47. The maximum absolute atomic E-state index is 10.7. The van der Waals surface area contributed by atoms with E-state index in [1.54, 1.807) is 0 Å². The molecule has 0 amide bonds. The minimum Gasteiger partial charge on any atom is -0.481 e. The van der Waals surface area contributed by atoms with Crippen LogP contribution in [0.3, 0.4) is 0 Å². The summed E-state index contributed by atoms with van der Waals surface area (Å²) < 4.78 is 0. The highest BCUT2D eigenvalue weighted by Gasteiger charge is 2.21. The van der Waals surface area contributed by atoms with Gasteiger partial charge in [0.2, 0.25) is 0 Å². The Kier molecular flexibility index (Phi) is 5.77. The van der Waals surface area contributed by atoms with Crippen LogP contribution < -0.4 is 0 Å². The van der Waals surface area contributed by atoms with Crippen molar-refractivity contribution >= 4 is 5.97 Å². The Labute approximate surface area is 75.0 Å². The van der Waals surface area contributed by atoms with E-state index < -0.39 is 5.97 Å². The van der Waals surface area contributed by atoms with Crippen LogP contribution in [0.4, 0.5) is 0 Å². The highest BCUT2D eigenvalue weighted by molar-refractivity contribution is 5.70. The van der Waals surface area contributed by atoms with E-state index in [4.69, 9.17) is 5.11 Å². The highest BCUT2D eigenvalue weighted by Crippen LogP contribution is 2.21. The first-order chi connectivity index (χ1) is 5.63. The largest absolute Gasteiger partial charge is 0.481 e. The molecule has 0 heterocycles. The van der Waals surface area contributed by atoms with Crippen molar-refractivity contribution in [2.24, 2.45) is 11.8 Å². The molecule has 0 saturated carbocycles. The van der Waals surface area contributed by atoms with Crippen molar-refractivity contribution in [3.63, 3.8) is 0 Å². The minimum absolute atomic E-state index is 0.142. The predicted molar refractivity (Wildman–Crippen MR) is 50.1 cm³/mol. The average Bonchev–Trinajstić information content (AvgIpc) is 2.01. The van der Waals surface area contributed by atoms with Gasteiger partial charge in [0.1, 0.15) is 0 Å². The van der Waals surface area contributed by atoms with Crippen molar-refractivity contribution < 1.29 is 9.90 Å². The zero-order valence-electron chi connectivity index (χ0n) is 8.34. The molecule has 2 heteroatoms. The van der Waals surface area contributed by atoms with Gasteiger partial charge in [0, 0.05) is 0 Å². The molecule has 0 aliphatic heterocycles. The number of rotatable bonds is 6. The predicted octanol–water partition coefficient (Wildman–Crippen LogP) is 2.92. The Hall–Kier alpha value is -0.530. The Bertz CT molecular complexity index is 132. The molecular formula is C10H20O2. The van der Waals surface area contributed by atoms with Crippen LogP contribution in [0.25, 0.3) is 0 Å². The lowest BCUT2D eigenvalue weighted by Gasteiger charge is -2.17. The lowest BCUT2D eigenvalue weighted by atomic mass is 9.88. The minimum atomic E-state index is -0.638. The van der Waals surface area contributed by atoms with Crippen LogP contribution in [0.1, 0.15) is 46.5 Å². The van der Waals surface area contributed by atoms with Gasteiger partial charge in [-0.25, -0.2) is 0 Å². The summed E-state index contributed by atoms with van der Waals surface area (Å²) in [5.74, 6) is -0.454. The molecule has 0 aromatic carbocycles. The molecule has 2 unspecified atom stereocenters. The summed E-state index contributed by atoms with van der Waals surface area (Å²) in [4.78, 5) is 10.7. The van der Waals surface area contributed by atoms with Crippen LogP contribution in [0.15, 0.2) is 0 Å². The van der Waals surface area contributed by atoms with E-state index in [-0.39, 0.29) is 5.92 Å². The molecule has 12 heavy (non-hydrogen) atoms. The molecule has 2 atom stereocenters. The zero-order valence-corrected chi connectivity index (χ0v) is 8.34. The van der Waals surface area contributed by atoms with Crippen molar-refractivity contribution in [2.45, 2.75) is 46.5 Å². The van der Waals surface area contributed by atoms with E-state index in [2.05, 4.69) is 6.92 Å². The van der Waals surface area contributed by atoms with Crippen LogP contribution in [0.2, 0.25) is 0 Å². The van der Waals surface area contributed by atoms with Gasteiger partial charge in [-0.05, 0) is 18.8 Å². The van der Waals surface area contributed by atoms with E-state index in [0.717, 1.165) is 25.7 Å². The Balaban J connectivity index is 3.85. The van der Waals surface area contributed by atoms with Crippen molar-refractivity contribution in [3.05, 3.63) is 0 Å². The quantitative estimate of drug-likeness (QED) is 0.668. The summed E-state index contributed by atoms with van der Waals surface area (Å²) >= 11 is 0. The highest BCUT2D eigenvalue weighted by atomic mass is 16.4. The second kappa shape index (κ2) is 6.04. The normalized spacial score (nSPS) is 15.6. The monoisotopic (exact) mass is 172 g/mol. The lowest BCUT2D eigenvalue weighted by Crippen LogP contribution is -2.20. The Morgan fingerprint density at radius 3 is 2.33 bits per heavy atom. The van der Waals surface area contributed by atoms with Crippen LogP contribution >= 0.6 is 0 Å². The molecule has 0 aromatic rings. The van der Waals surface area contributed by atoms with Crippen LogP contribution in [0, 0.1) is 11.8 Å². The summed E-state index contributed by atoms with van der Waals surface area (Å²) in [7, 11) is 0. The third kappa shape index (κ3) is 3.74. The van der Waals surface area contributed by atoms with Crippen LogP contribution in [0.5, 0.6) is 0 Å². The number of carboxylic acid groups (broad SMARTS) is 1. The smallest absolute Gasteiger partial charge is 0.306 e. The fourth-order valence-electron chi connectivity index (χ4n) is 1.55. The third-order valence-corrected chi connectivity index (χ3v) is 2.46. The molecule has 0 aliphatic carbocycles. The molecule has 72 valence electrons. The number of hydrogen-bond acceptors (Lipinski definition) is 1. The molecule has 0 rings (SSSR count). The molecule has 0 aliphatic rings. The van der Waals surface area contributed by atoms with Crippen molar-refractivity contribution in [2.75, 3.05) is 0 Å². The van der Waals surface area contributed by atoms with Gasteiger partial charge in [-0.1, -0.05) is 33.6 Å². The van der Waals surface area contributed by atoms with E-state index >= 15 is 0 Å². The number of aliphatic carboxylic acids is 1. The zero-order chi connectivity index (χ0) is 9.56. The van der Waals surface area contributed by atoms with Gasteiger partial charge in [0.25, 0.3) is 0 Å². The standard InChI is InChI=1S/C10H20O2/c1-4-6-7-8(3)9(5-2)10(11)12/h8-9H,4-7H2,1-3H3,(H,11,12). The summed E-state index contributed by atoms with van der Waals surface area (Å²) in [6, 6.07) is 0. The van der Waals surface area contributed by atoms with Crippen LogP contribution in [-0.4, -0.2) is 11.1 Å². The number of hydrogen-bond donors (Lipinski definition) is 1. The lowest BCUT2D eigenvalue weighted by molar-refractivity contribution is -0.143. The summed E-state index contributed by atoms with van der Waals surface area (Å²) in [5.41, 5.74) is 0. The third-order valence-electron chi connectivity index (χ3n) is 2.46. The van der Waals surface area contributed by atoms with Crippen molar-refractivity contribution in [1.82, 2.24) is 0 Å². The van der Waals surface area contributed by atoms with Gasteiger partial charge in [-0.15, -0.1) is 0 Å². The first-order valence-electron chi connectivity index (χ1n) is 4.86.